The van der Waals surface area contributed by atoms with Crippen LogP contribution in [0.3, 0.4) is 0 Å². The number of piperidine rings is 1. The van der Waals surface area contributed by atoms with Gasteiger partial charge in [0.25, 0.3) is 0 Å². The highest BCUT2D eigenvalue weighted by Crippen LogP contribution is 2.24. The molecule has 7 heteroatoms. The number of sulfonamides is 1. The van der Waals surface area contributed by atoms with Crippen molar-refractivity contribution in [3.63, 3.8) is 0 Å². The molecule has 0 saturated carbocycles. The quantitative estimate of drug-likeness (QED) is 0.837. The summed E-state index contributed by atoms with van der Waals surface area (Å²) in [4.78, 5) is 0. The molecule has 2 heterocycles. The zero-order valence-electron chi connectivity index (χ0n) is 13.4. The molecule has 2 aliphatic rings. The van der Waals surface area contributed by atoms with Crippen LogP contribution in [-0.2, 0) is 10.0 Å². The van der Waals surface area contributed by atoms with Crippen LogP contribution in [0.15, 0.2) is 30.3 Å². The maximum atomic E-state index is 12.8. The van der Waals surface area contributed by atoms with Gasteiger partial charge in [-0.3, -0.25) is 10.9 Å². The monoisotopic (exact) mass is 339 g/mol. The highest BCUT2D eigenvalue weighted by molar-refractivity contribution is 7.89. The Labute approximate surface area is 138 Å². The molecular weight excluding hydrogens is 314 g/mol. The van der Waals surface area contributed by atoms with Crippen molar-refractivity contribution < 1.29 is 13.2 Å². The summed E-state index contributed by atoms with van der Waals surface area (Å²) < 4.78 is 33.1. The van der Waals surface area contributed by atoms with E-state index >= 15 is 0 Å². The van der Waals surface area contributed by atoms with Crippen molar-refractivity contribution in [3.8, 4) is 5.75 Å². The molecule has 3 rings (SSSR count). The Kier molecular flexibility index (Phi) is 5.21. The van der Waals surface area contributed by atoms with Gasteiger partial charge in [-0.2, -0.15) is 0 Å². The average molecular weight is 339 g/mol. The lowest BCUT2D eigenvalue weighted by molar-refractivity contribution is 0.179. The van der Waals surface area contributed by atoms with Gasteiger partial charge in [-0.25, -0.2) is 12.7 Å². The summed E-state index contributed by atoms with van der Waals surface area (Å²) in [5.41, 5.74) is 5.94. The minimum Gasteiger partial charge on any atom is -0.493 e. The Morgan fingerprint density at radius 1 is 1.30 bits per heavy atom. The second-order valence-corrected chi connectivity index (χ2v) is 8.54. The number of nitrogens with one attached hydrogen (secondary N) is 2. The van der Waals surface area contributed by atoms with Crippen molar-refractivity contribution in [2.24, 2.45) is 5.92 Å². The largest absolute Gasteiger partial charge is 0.493 e. The highest BCUT2D eigenvalue weighted by Gasteiger charge is 2.40. The van der Waals surface area contributed by atoms with Crippen LogP contribution >= 0.6 is 0 Å². The third-order valence-corrected chi connectivity index (χ3v) is 7.04. The Hall–Kier alpha value is -1.15. The Morgan fingerprint density at radius 3 is 2.78 bits per heavy atom. The Morgan fingerprint density at radius 2 is 2.09 bits per heavy atom. The van der Waals surface area contributed by atoms with Crippen LogP contribution in [-0.4, -0.2) is 50.3 Å². The van der Waals surface area contributed by atoms with Crippen molar-refractivity contribution in [1.82, 2.24) is 15.2 Å². The number of nitrogens with zero attached hydrogens (tertiary/aromatic N) is 1. The first kappa shape index (κ1) is 16.7. The molecule has 6 nitrogen and oxygen atoms in total. The van der Waals surface area contributed by atoms with Crippen LogP contribution < -0.4 is 15.6 Å². The van der Waals surface area contributed by atoms with Gasteiger partial charge in [-0.1, -0.05) is 18.2 Å². The maximum absolute atomic E-state index is 12.8. The van der Waals surface area contributed by atoms with Crippen molar-refractivity contribution in [2.45, 2.75) is 31.1 Å². The molecule has 0 radical (unpaired) electrons. The van der Waals surface area contributed by atoms with E-state index in [0.717, 1.165) is 18.6 Å². The average Bonchev–Trinajstić information content (AvgIpc) is 3.01. The third-order valence-electron chi connectivity index (χ3n) is 4.64. The predicted octanol–water partition coefficient (Wildman–Crippen LogP) is 0.972. The molecule has 3 unspecified atom stereocenters. The fraction of sp³-hybridized carbons (Fsp3) is 0.625. The molecule has 2 saturated heterocycles. The minimum atomic E-state index is -3.27. The summed E-state index contributed by atoms with van der Waals surface area (Å²) in [6.07, 6.45) is 1.90. The molecule has 0 amide bonds. The van der Waals surface area contributed by atoms with E-state index in [-0.39, 0.29) is 12.0 Å². The second-order valence-electron chi connectivity index (χ2n) is 6.39. The predicted molar refractivity (Wildman–Crippen MR) is 89.5 cm³/mol. The summed E-state index contributed by atoms with van der Waals surface area (Å²) in [6.45, 7) is 4.10. The van der Waals surface area contributed by atoms with Gasteiger partial charge < -0.3 is 4.74 Å². The molecule has 0 aliphatic carbocycles. The van der Waals surface area contributed by atoms with E-state index in [1.165, 1.54) is 0 Å². The van der Waals surface area contributed by atoms with Gasteiger partial charge in [0.05, 0.1) is 6.61 Å². The number of rotatable bonds is 5. The summed E-state index contributed by atoms with van der Waals surface area (Å²) in [7, 11) is -3.27. The summed E-state index contributed by atoms with van der Waals surface area (Å²) in [6, 6.07) is 9.61. The molecule has 128 valence electrons. The van der Waals surface area contributed by atoms with Gasteiger partial charge in [0, 0.05) is 31.6 Å². The molecule has 0 bridgehead atoms. The summed E-state index contributed by atoms with van der Waals surface area (Å²) in [5, 5.41) is -0.392. The third kappa shape index (κ3) is 3.85. The fourth-order valence-corrected chi connectivity index (χ4v) is 5.33. The SMILES string of the molecule is CC1NNCC1S(=O)(=O)N1CCCC(COc2ccccc2)C1. The molecule has 1 aromatic carbocycles. The molecule has 3 atom stereocenters. The van der Waals surface area contributed by atoms with E-state index in [1.807, 2.05) is 37.3 Å². The van der Waals surface area contributed by atoms with E-state index in [1.54, 1.807) is 4.31 Å². The standard InChI is InChI=1S/C16H25N3O3S/c1-13-16(10-17-18-13)23(20,21)19-9-5-6-14(11-19)12-22-15-7-3-2-4-8-15/h2-4,7-8,13-14,16-18H,5-6,9-12H2,1H3. The van der Waals surface area contributed by atoms with Gasteiger partial charge in [0.15, 0.2) is 0 Å². The van der Waals surface area contributed by atoms with Crippen LogP contribution in [0.1, 0.15) is 19.8 Å². The number of para-hydroxylation sites is 1. The van der Waals surface area contributed by atoms with Crippen LogP contribution in [0.2, 0.25) is 0 Å². The lowest BCUT2D eigenvalue weighted by Crippen LogP contribution is -2.49. The van der Waals surface area contributed by atoms with Crippen LogP contribution in [0, 0.1) is 5.92 Å². The van der Waals surface area contributed by atoms with Crippen molar-refractivity contribution >= 4 is 10.0 Å². The van der Waals surface area contributed by atoms with Crippen molar-refractivity contribution in [3.05, 3.63) is 30.3 Å². The number of hydrazine groups is 1. The second kappa shape index (κ2) is 7.17. The van der Waals surface area contributed by atoms with E-state index < -0.39 is 15.3 Å². The van der Waals surface area contributed by atoms with E-state index in [9.17, 15) is 8.42 Å². The zero-order chi connectivity index (χ0) is 16.3. The maximum Gasteiger partial charge on any atom is 0.219 e. The molecule has 2 aliphatic heterocycles. The number of hydrogen-bond acceptors (Lipinski definition) is 5. The molecule has 23 heavy (non-hydrogen) atoms. The minimum absolute atomic E-state index is 0.0686. The summed E-state index contributed by atoms with van der Waals surface area (Å²) in [5.74, 6) is 1.08. The van der Waals surface area contributed by atoms with Crippen LogP contribution in [0.5, 0.6) is 5.75 Å². The van der Waals surface area contributed by atoms with Gasteiger partial charge in [0.2, 0.25) is 10.0 Å². The first-order chi connectivity index (χ1) is 11.1. The van der Waals surface area contributed by atoms with E-state index in [0.29, 0.717) is 26.2 Å². The Balaban J connectivity index is 1.59. The van der Waals surface area contributed by atoms with Gasteiger partial charge in [-0.05, 0) is 31.9 Å². The van der Waals surface area contributed by atoms with E-state index in [4.69, 9.17) is 4.74 Å². The van der Waals surface area contributed by atoms with Crippen LogP contribution in [0.4, 0.5) is 0 Å². The number of ether oxygens (including phenoxy) is 1. The first-order valence-electron chi connectivity index (χ1n) is 8.22. The lowest BCUT2D eigenvalue weighted by atomic mass is 10.0. The Bertz CT molecular complexity index is 608. The highest BCUT2D eigenvalue weighted by atomic mass is 32.2. The molecule has 2 fully saturated rings. The van der Waals surface area contributed by atoms with Crippen molar-refractivity contribution in [2.75, 3.05) is 26.2 Å². The molecule has 1 aromatic rings. The molecule has 0 aromatic heterocycles. The number of benzene rings is 1. The molecule has 2 N–H and O–H groups in total. The molecular formula is C16H25N3O3S. The topological polar surface area (TPSA) is 70.7 Å². The van der Waals surface area contributed by atoms with E-state index in [2.05, 4.69) is 10.9 Å². The van der Waals surface area contributed by atoms with Gasteiger partial charge in [-0.15, -0.1) is 0 Å². The molecule has 0 spiro atoms. The summed E-state index contributed by atoms with van der Waals surface area (Å²) >= 11 is 0. The zero-order valence-corrected chi connectivity index (χ0v) is 14.3. The normalized spacial score (nSPS) is 29.5. The van der Waals surface area contributed by atoms with Crippen LogP contribution in [0.25, 0.3) is 0 Å². The number of hydrogen-bond donors (Lipinski definition) is 2. The first-order valence-corrected chi connectivity index (χ1v) is 9.73. The lowest BCUT2D eigenvalue weighted by Gasteiger charge is -2.34. The van der Waals surface area contributed by atoms with Crippen molar-refractivity contribution in [1.29, 1.82) is 0 Å². The van der Waals surface area contributed by atoms with Gasteiger partial charge >= 0.3 is 0 Å². The fourth-order valence-electron chi connectivity index (χ4n) is 3.27. The van der Waals surface area contributed by atoms with Gasteiger partial charge in [0.1, 0.15) is 11.0 Å². The smallest absolute Gasteiger partial charge is 0.219 e.